The molecule has 0 bridgehead atoms. The lowest BCUT2D eigenvalue weighted by Gasteiger charge is -2.32. The second-order valence-corrected chi connectivity index (χ2v) is 11.6. The lowest BCUT2D eigenvalue weighted by Crippen LogP contribution is -2.46. The molecule has 9 nitrogen and oxygen atoms in total. The zero-order valence-corrected chi connectivity index (χ0v) is 23.7. The monoisotopic (exact) mass is 547 g/mol. The van der Waals surface area contributed by atoms with Gasteiger partial charge >= 0.3 is 12.1 Å². The Morgan fingerprint density at radius 2 is 1.53 bits per heavy atom. The third-order valence-corrected chi connectivity index (χ3v) is 8.08. The van der Waals surface area contributed by atoms with E-state index in [9.17, 15) is 18.0 Å². The quantitative estimate of drug-likeness (QED) is 0.163. The Hall–Kier alpha value is -3.11. The van der Waals surface area contributed by atoms with E-state index >= 15 is 0 Å². The predicted octanol–water partition coefficient (Wildman–Crippen LogP) is 5.73. The number of nitrogens with zero attached hydrogens (tertiary/aromatic N) is 2. The number of sulfonamides is 1. The maximum Gasteiger partial charge on any atom is 0.411 e. The van der Waals surface area contributed by atoms with E-state index in [1.165, 1.54) is 31.2 Å². The van der Waals surface area contributed by atoms with Gasteiger partial charge in [-0.2, -0.15) is 0 Å². The van der Waals surface area contributed by atoms with Crippen molar-refractivity contribution in [3.8, 4) is 0 Å². The van der Waals surface area contributed by atoms with Crippen LogP contribution in [0.25, 0.3) is 0 Å². The van der Waals surface area contributed by atoms with Gasteiger partial charge in [-0.3, -0.25) is 10.1 Å². The second-order valence-electron chi connectivity index (χ2n) is 9.37. The van der Waals surface area contributed by atoms with Gasteiger partial charge in [-0.05, 0) is 43.2 Å². The van der Waals surface area contributed by atoms with E-state index in [1.807, 2.05) is 30.3 Å². The summed E-state index contributed by atoms with van der Waals surface area (Å²) >= 11 is 0. The van der Waals surface area contributed by atoms with Crippen molar-refractivity contribution in [1.29, 1.82) is 0 Å². The third kappa shape index (κ3) is 10.3. The summed E-state index contributed by atoms with van der Waals surface area (Å²) in [5.74, 6) is -0.595. The molecule has 210 valence electrons. The van der Waals surface area contributed by atoms with E-state index in [-0.39, 0.29) is 13.0 Å². The molecule has 0 unspecified atom stereocenters. The summed E-state index contributed by atoms with van der Waals surface area (Å²) in [5.41, 5.74) is 1.67. The molecular formula is C28H41N3O6S. The highest BCUT2D eigenvalue weighted by Gasteiger charge is 2.33. The van der Waals surface area contributed by atoms with Crippen LogP contribution in [-0.4, -0.2) is 51.4 Å². The molecule has 38 heavy (non-hydrogen) atoms. The molecule has 1 amide bonds. The van der Waals surface area contributed by atoms with Crippen molar-refractivity contribution < 1.29 is 27.5 Å². The lowest BCUT2D eigenvalue weighted by molar-refractivity contribution is -0.144. The molecule has 1 N–H and O–H groups in total. The van der Waals surface area contributed by atoms with E-state index < -0.39 is 27.3 Å². The van der Waals surface area contributed by atoms with Crippen LogP contribution in [0.15, 0.2) is 54.6 Å². The zero-order valence-electron chi connectivity index (χ0n) is 22.9. The molecule has 0 saturated heterocycles. The maximum absolute atomic E-state index is 13.4. The van der Waals surface area contributed by atoms with Crippen LogP contribution in [0.3, 0.4) is 0 Å². The number of ether oxygens (including phenoxy) is 2. The fraction of sp³-hybridized carbons (Fsp3) is 0.500. The van der Waals surface area contributed by atoms with Crippen LogP contribution in [0, 0.1) is 0 Å². The molecule has 0 spiro atoms. The van der Waals surface area contributed by atoms with Crippen molar-refractivity contribution in [2.24, 2.45) is 0 Å². The molecule has 0 aromatic heterocycles. The van der Waals surface area contributed by atoms with Gasteiger partial charge in [0.25, 0.3) is 10.0 Å². The second kappa shape index (κ2) is 16.0. The van der Waals surface area contributed by atoms with Crippen LogP contribution in [0.5, 0.6) is 0 Å². The van der Waals surface area contributed by atoms with Crippen LogP contribution < -0.4 is 9.73 Å². The van der Waals surface area contributed by atoms with E-state index in [4.69, 9.17) is 9.47 Å². The smallest absolute Gasteiger partial charge is 0.411 e. The third-order valence-electron chi connectivity index (χ3n) is 5.88. The zero-order chi connectivity index (χ0) is 28.0. The molecule has 0 radical (unpaired) electrons. The van der Waals surface area contributed by atoms with Crippen molar-refractivity contribution in [2.45, 2.75) is 70.7 Å². The van der Waals surface area contributed by atoms with Crippen molar-refractivity contribution in [2.75, 3.05) is 30.4 Å². The molecular weight excluding hydrogens is 506 g/mol. The normalized spacial score (nSPS) is 12.1. The van der Waals surface area contributed by atoms with E-state index in [0.717, 1.165) is 29.2 Å². The molecule has 0 heterocycles. The molecule has 0 aliphatic carbocycles. The molecule has 2 aromatic rings. The molecule has 2 rings (SSSR count). The first-order chi connectivity index (χ1) is 18.1. The van der Waals surface area contributed by atoms with E-state index in [0.29, 0.717) is 18.0 Å². The number of nitrogens with one attached hydrogen (secondary N) is 1. The van der Waals surface area contributed by atoms with Gasteiger partial charge in [0.1, 0.15) is 6.61 Å². The van der Waals surface area contributed by atoms with Gasteiger partial charge in [0.2, 0.25) is 0 Å². The maximum atomic E-state index is 13.4. The van der Waals surface area contributed by atoms with E-state index in [1.54, 1.807) is 38.4 Å². The number of esters is 1. The predicted molar refractivity (Wildman–Crippen MR) is 150 cm³/mol. The summed E-state index contributed by atoms with van der Waals surface area (Å²) in [4.78, 5) is 24.4. The van der Waals surface area contributed by atoms with Crippen molar-refractivity contribution in [3.05, 3.63) is 60.2 Å². The molecule has 1 atom stereocenters. The SMILES string of the molecule is CCCCCCCCOC(=O)Nc1ccc(N(N(C)C)S(=O)(=O)[C@H](C)CC(=O)OCc2ccccc2)cc1. The largest absolute Gasteiger partial charge is 0.461 e. The van der Waals surface area contributed by atoms with Crippen molar-refractivity contribution in [1.82, 2.24) is 5.01 Å². The average Bonchev–Trinajstić information content (AvgIpc) is 2.88. The number of carbonyl (C=O) groups excluding carboxylic acids is 2. The highest BCUT2D eigenvalue weighted by molar-refractivity contribution is 7.93. The van der Waals surface area contributed by atoms with Crippen LogP contribution in [0.4, 0.5) is 16.2 Å². The fourth-order valence-electron chi connectivity index (χ4n) is 3.79. The first-order valence-corrected chi connectivity index (χ1v) is 14.6. The van der Waals surface area contributed by atoms with Crippen LogP contribution in [-0.2, 0) is 30.9 Å². The van der Waals surface area contributed by atoms with Gasteiger partial charge in [-0.25, -0.2) is 22.6 Å². The molecule has 0 saturated carbocycles. The standard InChI is InChI=1S/C28H41N3O6S/c1-5-6-7-8-9-13-20-36-28(33)29-25-16-18-26(19-17-25)31(30(3)4)38(34,35)23(2)21-27(32)37-22-24-14-11-10-12-15-24/h10-12,14-19,23H,5-9,13,20-22H2,1-4H3,(H,29,33)/t23-/m1/s1. The Bertz CT molecular complexity index is 1090. The van der Waals surface area contributed by atoms with Crippen molar-refractivity contribution in [3.63, 3.8) is 0 Å². The minimum absolute atomic E-state index is 0.0830. The first kappa shape index (κ1) is 31.1. The summed E-state index contributed by atoms with van der Waals surface area (Å²) in [6.45, 7) is 4.09. The molecule has 0 aliphatic heterocycles. The number of benzene rings is 2. The number of hydrogen-bond acceptors (Lipinski definition) is 7. The summed E-state index contributed by atoms with van der Waals surface area (Å²) in [6.07, 6.45) is 5.77. The number of rotatable bonds is 16. The van der Waals surface area contributed by atoms with Gasteiger partial charge < -0.3 is 9.47 Å². The number of anilines is 2. The molecule has 0 aliphatic rings. The van der Waals surface area contributed by atoms with E-state index in [2.05, 4.69) is 12.2 Å². The Morgan fingerprint density at radius 1 is 0.895 bits per heavy atom. The minimum atomic E-state index is -3.94. The van der Waals surface area contributed by atoms with Crippen molar-refractivity contribution >= 4 is 33.5 Å². The molecule has 2 aromatic carbocycles. The number of hydrazine groups is 1. The van der Waals surface area contributed by atoms with Gasteiger partial charge in [-0.15, -0.1) is 0 Å². The molecule has 0 fully saturated rings. The van der Waals surface area contributed by atoms with Crippen LogP contribution >= 0.6 is 0 Å². The summed E-state index contributed by atoms with van der Waals surface area (Å²) in [5, 5.41) is 3.06. The minimum Gasteiger partial charge on any atom is -0.461 e. The summed E-state index contributed by atoms with van der Waals surface area (Å²) in [6, 6.07) is 15.6. The number of carbonyl (C=O) groups is 2. The van der Waals surface area contributed by atoms with Crippen LogP contribution in [0.2, 0.25) is 0 Å². The lowest BCUT2D eigenvalue weighted by atomic mass is 10.1. The number of hydrogen-bond donors (Lipinski definition) is 1. The highest BCUT2D eigenvalue weighted by Crippen LogP contribution is 2.25. The van der Waals surface area contributed by atoms with Gasteiger partial charge in [0.15, 0.2) is 0 Å². The topological polar surface area (TPSA) is 105 Å². The summed E-state index contributed by atoms with van der Waals surface area (Å²) < 4.78 is 38.3. The van der Waals surface area contributed by atoms with Gasteiger partial charge in [0, 0.05) is 19.8 Å². The number of unbranched alkanes of at least 4 members (excludes halogenated alkanes) is 5. The van der Waals surface area contributed by atoms with Gasteiger partial charge in [-0.1, -0.05) is 69.4 Å². The Labute approximate surface area is 227 Å². The summed E-state index contributed by atoms with van der Waals surface area (Å²) in [7, 11) is -0.743. The number of amides is 1. The van der Waals surface area contributed by atoms with Crippen LogP contribution in [0.1, 0.15) is 64.4 Å². The average molecular weight is 548 g/mol. The first-order valence-electron chi connectivity index (χ1n) is 13.1. The Balaban J connectivity index is 1.91. The Morgan fingerprint density at radius 3 is 2.16 bits per heavy atom. The highest BCUT2D eigenvalue weighted by atomic mass is 32.2. The molecule has 10 heteroatoms. The van der Waals surface area contributed by atoms with Gasteiger partial charge in [0.05, 0.1) is 24.0 Å². The fourth-order valence-corrected chi connectivity index (χ4v) is 5.34. The Kier molecular flexibility index (Phi) is 13.1.